The van der Waals surface area contributed by atoms with E-state index in [1.807, 2.05) is 60.7 Å². The van der Waals surface area contributed by atoms with Crippen LogP contribution in [0.1, 0.15) is 42.5 Å². The predicted molar refractivity (Wildman–Crippen MR) is 125 cm³/mol. The molecule has 31 heavy (non-hydrogen) atoms. The van der Waals surface area contributed by atoms with E-state index in [2.05, 4.69) is 9.88 Å². The lowest BCUT2D eigenvalue weighted by Crippen LogP contribution is -2.32. The highest BCUT2D eigenvalue weighted by Crippen LogP contribution is 2.43. The number of aromatic nitrogens is 1. The van der Waals surface area contributed by atoms with Crippen molar-refractivity contribution in [2.75, 3.05) is 26.2 Å². The number of hydrogen-bond acceptors (Lipinski definition) is 4. The molecule has 2 atom stereocenters. The van der Waals surface area contributed by atoms with Crippen LogP contribution in [-0.4, -0.2) is 41.2 Å². The van der Waals surface area contributed by atoms with E-state index < -0.39 is 5.60 Å². The molecule has 0 bridgehead atoms. The summed E-state index contributed by atoms with van der Waals surface area (Å²) in [6.07, 6.45) is 4.32. The molecule has 0 amide bonds. The van der Waals surface area contributed by atoms with E-state index in [0.717, 1.165) is 23.6 Å². The van der Waals surface area contributed by atoms with E-state index in [4.69, 9.17) is 16.3 Å². The summed E-state index contributed by atoms with van der Waals surface area (Å²) in [4.78, 5) is 6.99. The van der Waals surface area contributed by atoms with E-state index in [0.29, 0.717) is 17.2 Å². The Morgan fingerprint density at radius 2 is 1.74 bits per heavy atom. The molecule has 4 rings (SSSR count). The Kier molecular flexibility index (Phi) is 6.91. The fraction of sp³-hybridized carbons (Fsp3) is 0.346. The van der Waals surface area contributed by atoms with Crippen LogP contribution in [0.4, 0.5) is 0 Å². The van der Waals surface area contributed by atoms with Gasteiger partial charge in [-0.25, -0.2) is 0 Å². The van der Waals surface area contributed by atoms with Gasteiger partial charge in [-0.2, -0.15) is 0 Å². The van der Waals surface area contributed by atoms with Gasteiger partial charge in [0.15, 0.2) is 0 Å². The van der Waals surface area contributed by atoms with Gasteiger partial charge >= 0.3 is 0 Å². The third-order valence-corrected chi connectivity index (χ3v) is 6.38. The first kappa shape index (κ1) is 21.8. The first-order valence-corrected chi connectivity index (χ1v) is 11.3. The number of likely N-dealkylation sites (tertiary alicyclic amines) is 1. The van der Waals surface area contributed by atoms with Crippen LogP contribution >= 0.6 is 11.6 Å². The monoisotopic (exact) mass is 436 g/mol. The Balaban J connectivity index is 1.58. The smallest absolute Gasteiger partial charge is 0.119 e. The molecule has 1 aliphatic heterocycles. The molecule has 5 heteroatoms. The van der Waals surface area contributed by atoms with Crippen molar-refractivity contribution >= 4 is 11.6 Å². The van der Waals surface area contributed by atoms with Gasteiger partial charge in [-0.1, -0.05) is 48.0 Å². The SMILES string of the molecule is CC(O)(c1ccccc1Cl)C(c1ccc(OCCN2CCCC2)cc1)c1ccccn1. The lowest BCUT2D eigenvalue weighted by Gasteiger charge is -2.34. The minimum Gasteiger partial charge on any atom is -0.492 e. The highest BCUT2D eigenvalue weighted by atomic mass is 35.5. The molecule has 1 saturated heterocycles. The zero-order valence-corrected chi connectivity index (χ0v) is 18.6. The number of benzene rings is 2. The number of rotatable bonds is 8. The molecule has 1 fully saturated rings. The van der Waals surface area contributed by atoms with Crippen molar-refractivity contribution in [3.8, 4) is 5.75 Å². The Labute approximate surface area is 189 Å². The Hall–Kier alpha value is -2.40. The lowest BCUT2D eigenvalue weighted by atomic mass is 9.76. The molecule has 1 N–H and O–H groups in total. The van der Waals surface area contributed by atoms with Gasteiger partial charge in [0.25, 0.3) is 0 Å². The van der Waals surface area contributed by atoms with Gasteiger partial charge in [-0.15, -0.1) is 0 Å². The maximum absolute atomic E-state index is 11.7. The highest BCUT2D eigenvalue weighted by Gasteiger charge is 2.38. The third kappa shape index (κ3) is 5.09. The summed E-state index contributed by atoms with van der Waals surface area (Å²) >= 11 is 6.46. The van der Waals surface area contributed by atoms with Gasteiger partial charge in [-0.05, 0) is 68.8 Å². The van der Waals surface area contributed by atoms with Crippen molar-refractivity contribution in [1.82, 2.24) is 9.88 Å². The standard InChI is InChI=1S/C26H29ClN2O2/c1-26(30,22-8-2-3-9-23(22)27)25(24-10-4-5-15-28-24)20-11-13-21(14-12-20)31-19-18-29-16-6-7-17-29/h2-5,8-15,25,30H,6-7,16-19H2,1H3. The van der Waals surface area contributed by atoms with Gasteiger partial charge in [0.2, 0.25) is 0 Å². The summed E-state index contributed by atoms with van der Waals surface area (Å²) < 4.78 is 5.96. The third-order valence-electron chi connectivity index (χ3n) is 6.05. The summed E-state index contributed by atoms with van der Waals surface area (Å²) in [5.74, 6) is 0.451. The van der Waals surface area contributed by atoms with Crippen molar-refractivity contribution in [3.05, 3.63) is 94.8 Å². The number of ether oxygens (including phenoxy) is 1. The van der Waals surface area contributed by atoms with Gasteiger partial charge in [0.1, 0.15) is 18.0 Å². The molecular formula is C26H29ClN2O2. The van der Waals surface area contributed by atoms with Crippen LogP contribution in [0.5, 0.6) is 5.75 Å². The van der Waals surface area contributed by atoms with Crippen LogP contribution in [0.2, 0.25) is 5.02 Å². The average molecular weight is 437 g/mol. The molecule has 2 aromatic carbocycles. The Morgan fingerprint density at radius 3 is 2.42 bits per heavy atom. The topological polar surface area (TPSA) is 45.6 Å². The summed E-state index contributed by atoms with van der Waals surface area (Å²) in [6.45, 7) is 5.78. The maximum atomic E-state index is 11.7. The molecule has 0 radical (unpaired) electrons. The molecule has 0 spiro atoms. The minimum atomic E-state index is -1.25. The first-order valence-electron chi connectivity index (χ1n) is 10.9. The fourth-order valence-electron chi connectivity index (χ4n) is 4.41. The lowest BCUT2D eigenvalue weighted by molar-refractivity contribution is 0.0381. The van der Waals surface area contributed by atoms with Crippen LogP contribution in [0.15, 0.2) is 72.9 Å². The molecule has 0 aliphatic carbocycles. The molecule has 1 aliphatic rings. The second-order valence-corrected chi connectivity index (χ2v) is 8.69. The Morgan fingerprint density at radius 1 is 1.03 bits per heavy atom. The molecule has 1 aromatic heterocycles. The molecule has 0 saturated carbocycles. The number of halogens is 1. The molecule has 2 unspecified atom stereocenters. The van der Waals surface area contributed by atoms with Gasteiger partial charge in [0, 0.05) is 23.3 Å². The van der Waals surface area contributed by atoms with Crippen molar-refractivity contribution in [1.29, 1.82) is 0 Å². The largest absolute Gasteiger partial charge is 0.492 e. The second-order valence-electron chi connectivity index (χ2n) is 8.28. The zero-order chi connectivity index (χ0) is 21.7. The van der Waals surface area contributed by atoms with Crippen LogP contribution in [0.3, 0.4) is 0 Å². The van der Waals surface area contributed by atoms with Crippen molar-refractivity contribution in [2.24, 2.45) is 0 Å². The van der Waals surface area contributed by atoms with E-state index in [9.17, 15) is 5.11 Å². The maximum Gasteiger partial charge on any atom is 0.119 e. The number of nitrogens with zero attached hydrogens (tertiary/aromatic N) is 2. The average Bonchev–Trinajstić information content (AvgIpc) is 3.29. The normalized spacial score (nSPS) is 17.3. The van der Waals surface area contributed by atoms with Gasteiger partial charge in [0.05, 0.1) is 11.6 Å². The minimum absolute atomic E-state index is 0.382. The Bertz CT molecular complexity index is 970. The first-order chi connectivity index (χ1) is 15.1. The zero-order valence-electron chi connectivity index (χ0n) is 17.9. The van der Waals surface area contributed by atoms with Crippen LogP contribution in [-0.2, 0) is 5.60 Å². The van der Waals surface area contributed by atoms with E-state index in [1.165, 1.54) is 25.9 Å². The van der Waals surface area contributed by atoms with Crippen molar-refractivity contribution in [2.45, 2.75) is 31.3 Å². The second kappa shape index (κ2) is 9.82. The molecular weight excluding hydrogens is 408 g/mol. The molecule has 4 nitrogen and oxygen atoms in total. The predicted octanol–water partition coefficient (Wildman–Crippen LogP) is 5.25. The van der Waals surface area contributed by atoms with Gasteiger partial charge < -0.3 is 9.84 Å². The van der Waals surface area contributed by atoms with Crippen LogP contribution in [0.25, 0.3) is 0 Å². The number of pyridine rings is 1. The van der Waals surface area contributed by atoms with Crippen LogP contribution < -0.4 is 4.74 Å². The molecule has 3 aromatic rings. The number of hydrogen-bond donors (Lipinski definition) is 1. The van der Waals surface area contributed by atoms with E-state index >= 15 is 0 Å². The highest BCUT2D eigenvalue weighted by molar-refractivity contribution is 6.31. The van der Waals surface area contributed by atoms with Crippen molar-refractivity contribution in [3.63, 3.8) is 0 Å². The van der Waals surface area contributed by atoms with E-state index in [-0.39, 0.29) is 5.92 Å². The van der Waals surface area contributed by atoms with E-state index in [1.54, 1.807) is 19.2 Å². The summed E-state index contributed by atoms with van der Waals surface area (Å²) in [7, 11) is 0. The summed E-state index contributed by atoms with van der Waals surface area (Å²) in [6, 6.07) is 21.1. The molecule has 2 heterocycles. The van der Waals surface area contributed by atoms with Crippen molar-refractivity contribution < 1.29 is 9.84 Å². The number of aliphatic hydroxyl groups is 1. The van der Waals surface area contributed by atoms with Gasteiger partial charge in [-0.3, -0.25) is 9.88 Å². The fourth-order valence-corrected chi connectivity index (χ4v) is 4.74. The summed E-state index contributed by atoms with van der Waals surface area (Å²) in [5, 5.41) is 12.2. The quantitative estimate of drug-likeness (QED) is 0.523. The molecule has 162 valence electrons. The summed E-state index contributed by atoms with van der Waals surface area (Å²) in [5.41, 5.74) is 1.18. The van der Waals surface area contributed by atoms with Crippen LogP contribution in [0, 0.1) is 0 Å².